The lowest BCUT2D eigenvalue weighted by Gasteiger charge is -2.30. The number of carbonyl (C=O) groups is 2. The van der Waals surface area contributed by atoms with Crippen molar-refractivity contribution in [2.75, 3.05) is 25.0 Å². The summed E-state index contributed by atoms with van der Waals surface area (Å²) in [5, 5.41) is 6.27. The molecule has 2 N–H and O–H groups in total. The molecule has 0 aliphatic carbocycles. The summed E-state index contributed by atoms with van der Waals surface area (Å²) >= 11 is 0. The third kappa shape index (κ3) is 2.79. The highest BCUT2D eigenvalue weighted by Gasteiger charge is 2.33. The minimum absolute atomic E-state index is 0.180. The zero-order valence-electron chi connectivity index (χ0n) is 12.6. The second-order valence-corrected chi connectivity index (χ2v) is 6.30. The van der Waals surface area contributed by atoms with Crippen LogP contribution in [0.25, 0.3) is 11.0 Å². The first kappa shape index (κ1) is 14.2. The topological polar surface area (TPSA) is 87.5 Å². The van der Waals surface area contributed by atoms with Gasteiger partial charge in [0.05, 0.1) is 0 Å². The zero-order chi connectivity index (χ0) is 15.8. The van der Waals surface area contributed by atoms with Crippen LogP contribution >= 0.6 is 0 Å². The zero-order valence-corrected chi connectivity index (χ0v) is 12.6. The van der Waals surface area contributed by atoms with Crippen LogP contribution in [0.2, 0.25) is 0 Å². The van der Waals surface area contributed by atoms with Gasteiger partial charge in [-0.3, -0.25) is 19.9 Å². The van der Waals surface area contributed by atoms with E-state index in [1.807, 2.05) is 0 Å². The van der Waals surface area contributed by atoms with Crippen LogP contribution in [0, 0.1) is 5.92 Å². The number of anilines is 1. The van der Waals surface area contributed by atoms with Gasteiger partial charge in [-0.25, -0.2) is 0 Å². The fourth-order valence-electron chi connectivity index (χ4n) is 3.61. The summed E-state index contributed by atoms with van der Waals surface area (Å²) < 4.78 is 5.46. The minimum atomic E-state index is -0.180. The van der Waals surface area contributed by atoms with E-state index >= 15 is 0 Å². The van der Waals surface area contributed by atoms with Gasteiger partial charge >= 0.3 is 0 Å². The summed E-state index contributed by atoms with van der Waals surface area (Å²) in [5.74, 6) is 0.859. The number of rotatable bonds is 4. The van der Waals surface area contributed by atoms with Crippen LogP contribution in [0.4, 0.5) is 5.88 Å². The van der Waals surface area contributed by atoms with Crippen molar-refractivity contribution in [1.82, 2.24) is 15.2 Å². The minimum Gasteiger partial charge on any atom is -0.440 e. The molecular weight excluding hydrogens is 296 g/mol. The Morgan fingerprint density at radius 3 is 3.13 bits per heavy atom. The van der Waals surface area contributed by atoms with Crippen molar-refractivity contribution < 1.29 is 14.0 Å². The SMILES string of the molecule is O=CNc1cc2cnc(C(=O)N[C@@H]3C[C@@H]4CCN(C4)C3)cc2o1. The second-order valence-electron chi connectivity index (χ2n) is 6.30. The monoisotopic (exact) mass is 314 g/mol. The Bertz CT molecular complexity index is 745. The number of piperidine rings is 1. The van der Waals surface area contributed by atoms with Gasteiger partial charge in [0.2, 0.25) is 12.3 Å². The number of nitrogens with one attached hydrogen (secondary N) is 2. The lowest BCUT2D eigenvalue weighted by Crippen LogP contribution is -2.47. The van der Waals surface area contributed by atoms with Crippen molar-refractivity contribution in [3.63, 3.8) is 0 Å². The number of pyridine rings is 1. The molecule has 1 unspecified atom stereocenters. The number of hydrogen-bond donors (Lipinski definition) is 2. The molecule has 0 radical (unpaired) electrons. The highest BCUT2D eigenvalue weighted by Crippen LogP contribution is 2.27. The number of amides is 2. The molecule has 2 aromatic heterocycles. The first-order valence-electron chi connectivity index (χ1n) is 7.84. The van der Waals surface area contributed by atoms with Gasteiger partial charge in [-0.05, 0) is 25.3 Å². The maximum absolute atomic E-state index is 12.4. The van der Waals surface area contributed by atoms with Crippen LogP contribution in [0.5, 0.6) is 0 Å². The largest absolute Gasteiger partial charge is 0.440 e. The molecule has 0 aromatic carbocycles. The van der Waals surface area contributed by atoms with Crippen LogP contribution < -0.4 is 10.6 Å². The fourth-order valence-corrected chi connectivity index (χ4v) is 3.61. The first-order valence-corrected chi connectivity index (χ1v) is 7.84. The lowest BCUT2D eigenvalue weighted by atomic mass is 9.97. The summed E-state index contributed by atoms with van der Waals surface area (Å²) in [7, 11) is 0. The third-order valence-corrected chi connectivity index (χ3v) is 4.64. The summed E-state index contributed by atoms with van der Waals surface area (Å²) in [4.78, 5) is 29.5. The molecule has 2 aromatic rings. The number of hydrogen-bond acceptors (Lipinski definition) is 5. The van der Waals surface area contributed by atoms with E-state index in [9.17, 15) is 9.59 Å². The normalized spacial score (nSPS) is 26.2. The van der Waals surface area contributed by atoms with E-state index in [2.05, 4.69) is 20.5 Å². The van der Waals surface area contributed by atoms with Gasteiger partial charge in [-0.2, -0.15) is 0 Å². The number of nitrogens with zero attached hydrogens (tertiary/aromatic N) is 2. The average molecular weight is 314 g/mol. The molecule has 0 spiro atoms. The Morgan fingerprint density at radius 1 is 1.39 bits per heavy atom. The van der Waals surface area contributed by atoms with E-state index < -0.39 is 0 Å². The molecule has 0 saturated carbocycles. The standard InChI is InChI=1S/C16H18N4O3/c21-9-18-15-4-11-6-17-13(5-14(11)23-15)16(22)19-12-3-10-1-2-20(7-10)8-12/h4-6,9-10,12H,1-3,7-8H2,(H,18,21)(H,19,22)/t10-,12+/m0/s1. The third-order valence-electron chi connectivity index (χ3n) is 4.64. The quantitative estimate of drug-likeness (QED) is 0.829. The molecule has 23 heavy (non-hydrogen) atoms. The maximum atomic E-state index is 12.4. The van der Waals surface area contributed by atoms with E-state index in [1.54, 1.807) is 18.3 Å². The Morgan fingerprint density at radius 2 is 2.30 bits per heavy atom. The summed E-state index contributed by atoms with van der Waals surface area (Å²) in [5.41, 5.74) is 0.861. The van der Waals surface area contributed by atoms with Gasteiger partial charge in [-0.1, -0.05) is 0 Å². The van der Waals surface area contributed by atoms with Crippen molar-refractivity contribution in [3.8, 4) is 0 Å². The molecule has 2 amide bonds. The van der Waals surface area contributed by atoms with Crippen molar-refractivity contribution in [2.24, 2.45) is 5.92 Å². The van der Waals surface area contributed by atoms with Gasteiger partial charge in [0.15, 0.2) is 0 Å². The molecule has 120 valence electrons. The number of furan rings is 1. The van der Waals surface area contributed by atoms with Crippen LogP contribution in [-0.2, 0) is 4.79 Å². The van der Waals surface area contributed by atoms with Crippen LogP contribution in [0.15, 0.2) is 22.7 Å². The van der Waals surface area contributed by atoms with Crippen LogP contribution in [0.3, 0.4) is 0 Å². The summed E-state index contributed by atoms with van der Waals surface area (Å²) in [6, 6.07) is 3.47. The molecule has 4 rings (SSSR count). The molecule has 2 aliphatic heterocycles. The predicted octanol–water partition coefficient (Wildman–Crippen LogP) is 1.22. The molecule has 7 nitrogen and oxygen atoms in total. The summed E-state index contributed by atoms with van der Waals surface area (Å²) in [6.07, 6.45) is 4.40. The van der Waals surface area contributed by atoms with E-state index in [0.29, 0.717) is 29.5 Å². The molecule has 2 bridgehead atoms. The Kier molecular flexibility index (Phi) is 3.49. The Balaban J connectivity index is 1.49. The second kappa shape index (κ2) is 5.66. The number of fused-ring (bicyclic) bond motifs is 3. The Hall–Kier alpha value is -2.41. The van der Waals surface area contributed by atoms with Crippen molar-refractivity contribution >= 4 is 29.2 Å². The molecule has 4 heterocycles. The first-order chi connectivity index (χ1) is 11.2. The van der Waals surface area contributed by atoms with Crippen molar-refractivity contribution in [2.45, 2.75) is 18.9 Å². The van der Waals surface area contributed by atoms with E-state index in [-0.39, 0.29) is 11.9 Å². The lowest BCUT2D eigenvalue weighted by molar-refractivity contribution is -0.105. The maximum Gasteiger partial charge on any atom is 0.270 e. The number of aromatic nitrogens is 1. The van der Waals surface area contributed by atoms with Gasteiger partial charge in [0.1, 0.15) is 11.3 Å². The fraction of sp³-hybridized carbons (Fsp3) is 0.438. The molecule has 2 saturated heterocycles. The number of carbonyl (C=O) groups excluding carboxylic acids is 2. The highest BCUT2D eigenvalue weighted by molar-refractivity contribution is 5.96. The van der Waals surface area contributed by atoms with E-state index in [1.165, 1.54) is 6.42 Å². The smallest absolute Gasteiger partial charge is 0.270 e. The van der Waals surface area contributed by atoms with E-state index in [4.69, 9.17) is 4.42 Å². The van der Waals surface area contributed by atoms with Gasteiger partial charge in [0, 0.05) is 42.8 Å². The van der Waals surface area contributed by atoms with E-state index in [0.717, 1.165) is 31.4 Å². The Labute approximate surface area is 133 Å². The van der Waals surface area contributed by atoms with Crippen molar-refractivity contribution in [3.05, 3.63) is 24.0 Å². The van der Waals surface area contributed by atoms with Crippen molar-refractivity contribution in [1.29, 1.82) is 0 Å². The molecular formula is C16H18N4O3. The predicted molar refractivity (Wildman–Crippen MR) is 84.1 cm³/mol. The average Bonchev–Trinajstić information content (AvgIpc) is 3.09. The molecule has 3 atom stereocenters. The van der Waals surface area contributed by atoms with Crippen LogP contribution in [0.1, 0.15) is 23.3 Å². The highest BCUT2D eigenvalue weighted by atomic mass is 16.4. The van der Waals surface area contributed by atoms with Gasteiger partial charge in [0.25, 0.3) is 5.91 Å². The molecule has 7 heteroatoms. The molecule has 2 fully saturated rings. The van der Waals surface area contributed by atoms with Crippen LogP contribution in [-0.4, -0.2) is 47.9 Å². The van der Waals surface area contributed by atoms with Gasteiger partial charge in [-0.15, -0.1) is 0 Å². The molecule has 2 aliphatic rings. The summed E-state index contributed by atoms with van der Waals surface area (Å²) in [6.45, 7) is 3.22. The van der Waals surface area contributed by atoms with Gasteiger partial charge < -0.3 is 14.6 Å².